The Morgan fingerprint density at radius 1 is 0.474 bits per heavy atom. The van der Waals surface area contributed by atoms with Crippen molar-refractivity contribution in [1.82, 2.24) is 0 Å². The maximum atomic E-state index is 5.08. The summed E-state index contributed by atoms with van der Waals surface area (Å²) < 4.78 is 0. The standard InChI is InChI=1S/C53H40N4/c1-54-52(42-21-10-4-11-22-42)56-53(43-23-12-5-13-24-43)55-37-38-29-34-48-45(35-38)36-44-25-16-28-50(51(44)48)57(46-32-30-40(31-33-46)39-17-6-2-7-18-39)49-27-15-14-26-47(49)41-19-8-3-9-20-41/h2-35H,1,36-37H2. The van der Waals surface area contributed by atoms with E-state index in [2.05, 4.69) is 162 Å². The van der Waals surface area contributed by atoms with Crippen molar-refractivity contribution in [2.45, 2.75) is 13.0 Å². The molecular weight excluding hydrogens is 693 g/mol. The molecule has 0 spiro atoms. The van der Waals surface area contributed by atoms with E-state index in [1.165, 1.54) is 44.5 Å². The second-order valence-corrected chi connectivity index (χ2v) is 14.1. The molecule has 1 aliphatic rings. The first-order chi connectivity index (χ1) is 28.2. The first-order valence-corrected chi connectivity index (χ1v) is 19.3. The third-order valence-electron chi connectivity index (χ3n) is 10.5. The maximum absolute atomic E-state index is 5.08. The van der Waals surface area contributed by atoms with Gasteiger partial charge >= 0.3 is 0 Å². The van der Waals surface area contributed by atoms with Gasteiger partial charge in [0.15, 0.2) is 11.7 Å². The second kappa shape index (κ2) is 16.1. The number of para-hydroxylation sites is 1. The predicted molar refractivity (Wildman–Crippen MR) is 239 cm³/mol. The Kier molecular flexibility index (Phi) is 9.98. The first kappa shape index (κ1) is 35.3. The number of nitrogens with zero attached hydrogens (tertiary/aromatic N) is 4. The molecular formula is C53H40N4. The van der Waals surface area contributed by atoms with Crippen LogP contribution in [0.3, 0.4) is 0 Å². The summed E-state index contributed by atoms with van der Waals surface area (Å²) in [6, 6.07) is 72.5. The van der Waals surface area contributed by atoms with Crippen molar-refractivity contribution in [2.75, 3.05) is 4.90 Å². The number of amidine groups is 2. The molecule has 4 nitrogen and oxygen atoms in total. The van der Waals surface area contributed by atoms with Gasteiger partial charge in [-0.05, 0) is 76.3 Å². The third-order valence-corrected chi connectivity index (χ3v) is 10.5. The number of fused-ring (bicyclic) bond motifs is 3. The van der Waals surface area contributed by atoms with E-state index in [-0.39, 0.29) is 0 Å². The monoisotopic (exact) mass is 732 g/mol. The summed E-state index contributed by atoms with van der Waals surface area (Å²) >= 11 is 0. The van der Waals surface area contributed by atoms with Crippen LogP contribution < -0.4 is 4.90 Å². The molecule has 272 valence electrons. The zero-order valence-corrected chi connectivity index (χ0v) is 31.5. The summed E-state index contributed by atoms with van der Waals surface area (Å²) in [5.74, 6) is 1.17. The molecule has 0 amide bonds. The average molecular weight is 733 g/mol. The molecule has 57 heavy (non-hydrogen) atoms. The van der Waals surface area contributed by atoms with Crippen molar-refractivity contribution in [1.29, 1.82) is 0 Å². The molecule has 0 aliphatic heterocycles. The molecule has 0 saturated heterocycles. The predicted octanol–water partition coefficient (Wildman–Crippen LogP) is 13.2. The van der Waals surface area contributed by atoms with Gasteiger partial charge in [-0.15, -0.1) is 0 Å². The minimum atomic E-state index is 0.480. The highest BCUT2D eigenvalue weighted by Gasteiger charge is 2.27. The molecule has 0 radical (unpaired) electrons. The van der Waals surface area contributed by atoms with Crippen LogP contribution in [0, 0.1) is 0 Å². The van der Waals surface area contributed by atoms with Crippen LogP contribution >= 0.6 is 0 Å². The van der Waals surface area contributed by atoms with Crippen LogP contribution in [0.1, 0.15) is 27.8 Å². The molecule has 0 atom stereocenters. The van der Waals surface area contributed by atoms with Crippen LogP contribution in [-0.4, -0.2) is 18.4 Å². The van der Waals surface area contributed by atoms with E-state index >= 15 is 0 Å². The molecule has 0 aromatic heterocycles. The Morgan fingerprint density at radius 2 is 1.05 bits per heavy atom. The van der Waals surface area contributed by atoms with E-state index in [0.717, 1.165) is 40.2 Å². The van der Waals surface area contributed by atoms with Gasteiger partial charge in [0.05, 0.1) is 17.9 Å². The van der Waals surface area contributed by atoms with E-state index in [9.17, 15) is 0 Å². The fraction of sp³-hybridized carbons (Fsp3) is 0.0377. The molecule has 0 N–H and O–H groups in total. The molecule has 0 saturated carbocycles. The van der Waals surface area contributed by atoms with Crippen molar-refractivity contribution >= 4 is 35.5 Å². The molecule has 0 unspecified atom stereocenters. The van der Waals surface area contributed by atoms with Crippen LogP contribution in [0.5, 0.6) is 0 Å². The highest BCUT2D eigenvalue weighted by Crippen LogP contribution is 2.49. The highest BCUT2D eigenvalue weighted by atomic mass is 15.1. The summed E-state index contributed by atoms with van der Waals surface area (Å²) in [5, 5.41) is 0. The highest BCUT2D eigenvalue weighted by molar-refractivity contribution is 6.12. The zero-order chi connectivity index (χ0) is 38.4. The summed E-state index contributed by atoms with van der Waals surface area (Å²) in [5.41, 5.74) is 16.2. The van der Waals surface area contributed by atoms with E-state index in [0.29, 0.717) is 18.2 Å². The van der Waals surface area contributed by atoms with E-state index in [1.54, 1.807) is 0 Å². The van der Waals surface area contributed by atoms with Crippen LogP contribution in [0.2, 0.25) is 0 Å². The van der Waals surface area contributed by atoms with E-state index in [4.69, 9.17) is 9.98 Å². The summed E-state index contributed by atoms with van der Waals surface area (Å²) in [6.45, 7) is 4.30. The maximum Gasteiger partial charge on any atom is 0.161 e. The lowest BCUT2D eigenvalue weighted by Gasteiger charge is -2.30. The van der Waals surface area contributed by atoms with Crippen molar-refractivity contribution in [3.63, 3.8) is 0 Å². The van der Waals surface area contributed by atoms with Crippen LogP contribution in [0.4, 0.5) is 17.1 Å². The minimum Gasteiger partial charge on any atom is -0.309 e. The van der Waals surface area contributed by atoms with Gasteiger partial charge in [0.2, 0.25) is 0 Å². The second-order valence-electron chi connectivity index (χ2n) is 14.1. The zero-order valence-electron chi connectivity index (χ0n) is 31.5. The number of rotatable bonds is 9. The molecule has 0 heterocycles. The van der Waals surface area contributed by atoms with Gasteiger partial charge in [0.25, 0.3) is 0 Å². The van der Waals surface area contributed by atoms with E-state index < -0.39 is 0 Å². The smallest absolute Gasteiger partial charge is 0.161 e. The Balaban J connectivity index is 1.12. The number of anilines is 3. The number of benzene rings is 8. The molecule has 0 bridgehead atoms. The topological polar surface area (TPSA) is 40.3 Å². The Labute approximate surface area is 334 Å². The summed E-state index contributed by atoms with van der Waals surface area (Å²) in [4.78, 5) is 16.7. The van der Waals surface area contributed by atoms with Crippen molar-refractivity contribution in [3.8, 4) is 33.4 Å². The quantitative estimate of drug-likeness (QED) is 0.108. The van der Waals surface area contributed by atoms with Crippen LogP contribution in [0.15, 0.2) is 221 Å². The van der Waals surface area contributed by atoms with Gasteiger partial charge in [-0.1, -0.05) is 182 Å². The van der Waals surface area contributed by atoms with Gasteiger partial charge in [-0.25, -0.2) is 9.98 Å². The molecule has 8 aromatic rings. The molecule has 4 heteroatoms. The lowest BCUT2D eigenvalue weighted by atomic mass is 9.98. The largest absolute Gasteiger partial charge is 0.309 e. The van der Waals surface area contributed by atoms with Crippen LogP contribution in [0.25, 0.3) is 33.4 Å². The third kappa shape index (κ3) is 7.37. The number of hydrogen-bond donors (Lipinski definition) is 0. The molecule has 1 aliphatic carbocycles. The first-order valence-electron chi connectivity index (χ1n) is 19.3. The van der Waals surface area contributed by atoms with Gasteiger partial charge in [-0.2, -0.15) is 0 Å². The van der Waals surface area contributed by atoms with Crippen LogP contribution in [-0.2, 0) is 13.0 Å². The van der Waals surface area contributed by atoms with Gasteiger partial charge in [0, 0.05) is 27.9 Å². The molecule has 0 fully saturated rings. The molecule has 9 rings (SSSR count). The Bertz CT molecular complexity index is 2720. The lowest BCUT2D eigenvalue weighted by Crippen LogP contribution is -2.12. The molecule has 8 aromatic carbocycles. The minimum absolute atomic E-state index is 0.480. The Hall–Kier alpha value is -7.43. The van der Waals surface area contributed by atoms with Gasteiger partial charge in [-0.3, -0.25) is 4.99 Å². The normalized spacial score (nSPS) is 12.1. The summed E-state index contributed by atoms with van der Waals surface area (Å²) in [6.07, 6.45) is 0.847. The SMILES string of the molecule is C=NC(=NC(=NCc1ccc2c(c1)Cc1cccc(N(c3ccc(-c4ccccc4)cc3)c3ccccc3-c3ccccc3)c1-2)c1ccccc1)c1ccccc1. The fourth-order valence-electron chi connectivity index (χ4n) is 7.77. The number of aliphatic imine (C=N–C) groups is 3. The Morgan fingerprint density at radius 3 is 1.74 bits per heavy atom. The van der Waals surface area contributed by atoms with Gasteiger partial charge < -0.3 is 4.90 Å². The summed E-state index contributed by atoms with van der Waals surface area (Å²) in [7, 11) is 0. The average Bonchev–Trinajstić information content (AvgIpc) is 3.67. The number of hydrogen-bond acceptors (Lipinski definition) is 2. The van der Waals surface area contributed by atoms with Crippen molar-refractivity contribution in [2.24, 2.45) is 15.0 Å². The van der Waals surface area contributed by atoms with Crippen molar-refractivity contribution < 1.29 is 0 Å². The van der Waals surface area contributed by atoms with Gasteiger partial charge in [0.1, 0.15) is 0 Å². The fourth-order valence-corrected chi connectivity index (χ4v) is 7.77. The van der Waals surface area contributed by atoms with E-state index in [1.807, 2.05) is 60.7 Å². The lowest BCUT2D eigenvalue weighted by molar-refractivity contribution is 1.05. The van der Waals surface area contributed by atoms with Crippen molar-refractivity contribution in [3.05, 3.63) is 234 Å².